The van der Waals surface area contributed by atoms with Crippen LogP contribution < -0.4 is 31.9 Å². The molecular formula is C47H72N6O6. The molecule has 1 aromatic carbocycles. The Morgan fingerprint density at radius 2 is 0.932 bits per heavy atom. The van der Waals surface area contributed by atoms with Gasteiger partial charge < -0.3 is 31.9 Å². The molecule has 6 amide bonds. The Hall–Kier alpha value is -3.96. The summed E-state index contributed by atoms with van der Waals surface area (Å²) >= 11 is 0. The van der Waals surface area contributed by atoms with E-state index in [0.29, 0.717) is 94.0 Å². The SMILES string of the molecule is C[C@H]1C2CCC(NC(=O)CCCCCNC(=O)c3cc(C(=O)NCCCCCC(=O)NC4CCCCC4)cc(C(=O)NCCCCCC(=O)NC4C5CC[C@@H]5[C@H]4C)c3)[C@@H]21. The fraction of sp³-hybridized carbons (Fsp3) is 0.745. The van der Waals surface area contributed by atoms with Crippen LogP contribution in [0.2, 0.25) is 0 Å². The molecule has 5 saturated carbocycles. The van der Waals surface area contributed by atoms with Crippen LogP contribution in [0.5, 0.6) is 0 Å². The molecule has 326 valence electrons. The number of hydrogen-bond acceptors (Lipinski definition) is 6. The van der Waals surface area contributed by atoms with Crippen LogP contribution in [0.25, 0.3) is 0 Å². The van der Waals surface area contributed by atoms with Crippen molar-refractivity contribution in [3.8, 4) is 0 Å². The van der Waals surface area contributed by atoms with Gasteiger partial charge in [0, 0.05) is 73.7 Å². The molecular weight excluding hydrogens is 745 g/mol. The average Bonchev–Trinajstić information content (AvgIpc) is 3.66. The van der Waals surface area contributed by atoms with Crippen LogP contribution in [-0.2, 0) is 14.4 Å². The predicted molar refractivity (Wildman–Crippen MR) is 228 cm³/mol. The molecule has 0 aromatic heterocycles. The van der Waals surface area contributed by atoms with Crippen LogP contribution in [-0.4, -0.2) is 73.2 Å². The second-order valence-corrected chi connectivity index (χ2v) is 18.6. The first-order valence-electron chi connectivity index (χ1n) is 23.5. The van der Waals surface area contributed by atoms with Gasteiger partial charge in [-0.1, -0.05) is 52.4 Å². The number of fused-ring (bicyclic) bond motifs is 2. The highest BCUT2D eigenvalue weighted by molar-refractivity contribution is 6.04. The van der Waals surface area contributed by atoms with Crippen molar-refractivity contribution in [2.24, 2.45) is 35.5 Å². The number of hydrogen-bond donors (Lipinski definition) is 6. The molecule has 59 heavy (non-hydrogen) atoms. The molecule has 8 atom stereocenters. The van der Waals surface area contributed by atoms with Crippen molar-refractivity contribution >= 4 is 35.4 Å². The van der Waals surface area contributed by atoms with E-state index in [1.54, 1.807) is 0 Å². The van der Waals surface area contributed by atoms with Crippen LogP contribution in [0.1, 0.15) is 180 Å². The fourth-order valence-electron chi connectivity index (χ4n) is 10.6. The number of amides is 6. The molecule has 0 bridgehead atoms. The molecule has 0 aliphatic heterocycles. The van der Waals surface area contributed by atoms with Crippen LogP contribution in [0.3, 0.4) is 0 Å². The third-order valence-corrected chi connectivity index (χ3v) is 14.5. The van der Waals surface area contributed by atoms with E-state index in [1.165, 1.54) is 56.7 Å². The summed E-state index contributed by atoms with van der Waals surface area (Å²) in [6.45, 7) is 5.76. The summed E-state index contributed by atoms with van der Waals surface area (Å²) in [5.41, 5.74) is 0.695. The molecule has 4 unspecified atom stereocenters. The van der Waals surface area contributed by atoms with Gasteiger partial charge >= 0.3 is 0 Å². The van der Waals surface area contributed by atoms with Gasteiger partial charge in [-0.2, -0.15) is 0 Å². The number of carbonyl (C=O) groups excluding carboxylic acids is 6. The molecule has 6 rings (SSSR count). The van der Waals surface area contributed by atoms with Crippen molar-refractivity contribution in [3.63, 3.8) is 0 Å². The lowest BCUT2D eigenvalue weighted by molar-refractivity contribution is -0.129. The zero-order chi connectivity index (χ0) is 41.7. The first kappa shape index (κ1) is 44.6. The third kappa shape index (κ3) is 12.8. The van der Waals surface area contributed by atoms with Crippen molar-refractivity contribution in [1.29, 1.82) is 0 Å². The second kappa shape index (κ2) is 22.0. The maximum Gasteiger partial charge on any atom is 0.251 e. The summed E-state index contributed by atoms with van der Waals surface area (Å²) < 4.78 is 0. The van der Waals surface area contributed by atoms with Gasteiger partial charge in [0.25, 0.3) is 17.7 Å². The van der Waals surface area contributed by atoms with Gasteiger partial charge in [-0.3, -0.25) is 28.8 Å². The number of carbonyl (C=O) groups is 6. The Bertz CT molecular complexity index is 1560. The van der Waals surface area contributed by atoms with Crippen LogP contribution in [0.4, 0.5) is 0 Å². The van der Waals surface area contributed by atoms with Crippen molar-refractivity contribution in [2.75, 3.05) is 19.6 Å². The first-order valence-corrected chi connectivity index (χ1v) is 23.5. The van der Waals surface area contributed by atoms with E-state index < -0.39 is 0 Å². The average molecular weight is 817 g/mol. The summed E-state index contributed by atoms with van der Waals surface area (Å²) in [6, 6.07) is 5.55. The monoisotopic (exact) mass is 817 g/mol. The smallest absolute Gasteiger partial charge is 0.251 e. The molecule has 12 heteroatoms. The molecule has 0 heterocycles. The van der Waals surface area contributed by atoms with Gasteiger partial charge in [-0.15, -0.1) is 0 Å². The first-order chi connectivity index (χ1) is 28.6. The van der Waals surface area contributed by atoms with Crippen molar-refractivity contribution < 1.29 is 28.8 Å². The molecule has 12 nitrogen and oxygen atoms in total. The van der Waals surface area contributed by atoms with Crippen molar-refractivity contribution in [2.45, 2.75) is 167 Å². The minimum absolute atomic E-state index is 0.0993. The van der Waals surface area contributed by atoms with Gasteiger partial charge in [0.2, 0.25) is 17.7 Å². The molecule has 0 saturated heterocycles. The summed E-state index contributed by atoms with van der Waals surface area (Å²) in [5, 5.41) is 18.4. The largest absolute Gasteiger partial charge is 0.353 e. The Morgan fingerprint density at radius 3 is 1.37 bits per heavy atom. The van der Waals surface area contributed by atoms with E-state index in [9.17, 15) is 28.8 Å². The quantitative estimate of drug-likeness (QED) is 0.0666. The number of rotatable bonds is 24. The summed E-state index contributed by atoms with van der Waals surface area (Å²) in [5.74, 6) is 3.48. The number of unbranched alkanes of at least 4 members (excludes halogenated alkanes) is 6. The Balaban J connectivity index is 0.912. The lowest BCUT2D eigenvalue weighted by atomic mass is 9.50. The number of nitrogens with one attached hydrogen (secondary N) is 6. The highest BCUT2D eigenvalue weighted by atomic mass is 16.2. The van der Waals surface area contributed by atoms with Crippen LogP contribution in [0, 0.1) is 35.5 Å². The Morgan fingerprint density at radius 1 is 0.475 bits per heavy atom. The number of benzene rings is 1. The summed E-state index contributed by atoms with van der Waals surface area (Å²) in [4.78, 5) is 77.3. The molecule has 0 spiro atoms. The van der Waals surface area contributed by atoms with E-state index in [4.69, 9.17) is 0 Å². The molecule has 5 aliphatic rings. The van der Waals surface area contributed by atoms with E-state index in [1.807, 2.05) is 0 Å². The predicted octanol–water partition coefficient (Wildman–Crippen LogP) is 6.33. The standard InChI is InChI=1S/C47H72N6O6/c1-30-37-22-23-39(43(30)37)52-41(55)18-10-5-13-25-49-46(58)33-27-32(45(57)48-24-12-4-9-17-40(54)51-35-15-7-3-8-16-35)28-34(29-33)47(59)50-26-14-6-11-19-42(56)53-44-31(2)36-20-21-38(36)44/h27-31,35-39,43-44H,3-26H2,1-2H3,(H,48,57)(H,49,58)(H,50,59)(H,51,54)(H,52,55)(H,53,56)/t30-,31+,36+,37?,38?,39?,43+,44?/m0/s1. The Labute approximate surface area is 352 Å². The van der Waals surface area contributed by atoms with Gasteiger partial charge in [-0.05, 0) is 131 Å². The van der Waals surface area contributed by atoms with Gasteiger partial charge in [0.15, 0.2) is 0 Å². The zero-order valence-corrected chi connectivity index (χ0v) is 35.8. The molecule has 1 aromatic rings. The highest BCUT2D eigenvalue weighted by Gasteiger charge is 2.55. The van der Waals surface area contributed by atoms with Crippen LogP contribution in [0.15, 0.2) is 18.2 Å². The second-order valence-electron chi connectivity index (χ2n) is 18.6. The highest BCUT2D eigenvalue weighted by Crippen LogP contribution is 2.57. The maximum atomic E-state index is 13.3. The topological polar surface area (TPSA) is 175 Å². The van der Waals surface area contributed by atoms with Crippen LogP contribution >= 0.6 is 0 Å². The Kier molecular flexibility index (Phi) is 16.7. The summed E-state index contributed by atoms with van der Waals surface area (Å²) in [7, 11) is 0. The lowest BCUT2D eigenvalue weighted by Crippen LogP contribution is -2.63. The van der Waals surface area contributed by atoms with Crippen molar-refractivity contribution in [3.05, 3.63) is 34.9 Å². The van der Waals surface area contributed by atoms with Crippen molar-refractivity contribution in [1.82, 2.24) is 31.9 Å². The summed E-state index contributed by atoms with van der Waals surface area (Å²) in [6.07, 6.45) is 18.8. The maximum absolute atomic E-state index is 13.3. The van der Waals surface area contributed by atoms with E-state index in [2.05, 4.69) is 45.7 Å². The van der Waals surface area contributed by atoms with E-state index in [-0.39, 0.29) is 52.1 Å². The minimum Gasteiger partial charge on any atom is -0.353 e. The zero-order valence-electron chi connectivity index (χ0n) is 35.8. The molecule has 5 fully saturated rings. The molecule has 5 aliphatic carbocycles. The van der Waals surface area contributed by atoms with Gasteiger partial charge in [0.1, 0.15) is 0 Å². The lowest BCUT2D eigenvalue weighted by Gasteiger charge is -2.58. The van der Waals surface area contributed by atoms with E-state index >= 15 is 0 Å². The fourth-order valence-corrected chi connectivity index (χ4v) is 10.6. The minimum atomic E-state index is -0.367. The third-order valence-electron chi connectivity index (χ3n) is 14.5. The normalized spacial score (nSPS) is 26.5. The van der Waals surface area contributed by atoms with Gasteiger partial charge in [-0.25, -0.2) is 0 Å². The molecule has 6 N–H and O–H groups in total. The molecule has 0 radical (unpaired) electrons. The van der Waals surface area contributed by atoms with E-state index in [0.717, 1.165) is 75.5 Å². The van der Waals surface area contributed by atoms with Gasteiger partial charge in [0.05, 0.1) is 0 Å².